The molecule has 0 unspecified atom stereocenters. The standard InChI is InChI=1S/C19H21NO3S/c1-23-19(22)14-8-10-20(11-9-14)18(21)17-7-3-2-5-15(17)13-16-6-4-12-24-16/h2-7,12,14H,8-11,13H2,1H3. The molecule has 1 aliphatic rings. The number of methoxy groups -OCH3 is 1. The average Bonchev–Trinajstić information content (AvgIpc) is 3.14. The van der Waals surface area contributed by atoms with Crippen LogP contribution in [0, 0.1) is 5.92 Å². The SMILES string of the molecule is COC(=O)C1CCN(C(=O)c2ccccc2Cc2cccs2)CC1. The second kappa shape index (κ2) is 7.62. The summed E-state index contributed by atoms with van der Waals surface area (Å²) < 4.78 is 4.81. The lowest BCUT2D eigenvalue weighted by Crippen LogP contribution is -2.40. The summed E-state index contributed by atoms with van der Waals surface area (Å²) in [5.74, 6) is -0.189. The van der Waals surface area contributed by atoms with Crippen molar-refractivity contribution >= 4 is 23.2 Å². The van der Waals surface area contributed by atoms with Crippen molar-refractivity contribution in [2.75, 3.05) is 20.2 Å². The molecule has 1 saturated heterocycles. The molecule has 2 heterocycles. The number of ether oxygens (including phenoxy) is 1. The molecule has 126 valence electrons. The van der Waals surface area contributed by atoms with Gasteiger partial charge in [-0.15, -0.1) is 11.3 Å². The zero-order valence-corrected chi connectivity index (χ0v) is 14.6. The van der Waals surface area contributed by atoms with Crippen LogP contribution in [0.4, 0.5) is 0 Å². The zero-order valence-electron chi connectivity index (χ0n) is 13.7. The normalized spacial score (nSPS) is 15.3. The van der Waals surface area contributed by atoms with E-state index in [1.807, 2.05) is 35.2 Å². The van der Waals surface area contributed by atoms with Crippen molar-refractivity contribution in [3.63, 3.8) is 0 Å². The maximum atomic E-state index is 12.9. The van der Waals surface area contributed by atoms with Gasteiger partial charge in [0.2, 0.25) is 0 Å². The van der Waals surface area contributed by atoms with Crippen LogP contribution in [0.25, 0.3) is 0 Å². The third-order valence-electron chi connectivity index (χ3n) is 4.51. The topological polar surface area (TPSA) is 46.6 Å². The third-order valence-corrected chi connectivity index (χ3v) is 5.39. The number of likely N-dealkylation sites (tertiary alicyclic amines) is 1. The number of carbonyl (C=O) groups excluding carboxylic acids is 2. The van der Waals surface area contributed by atoms with Gasteiger partial charge in [0, 0.05) is 30.0 Å². The first-order valence-electron chi connectivity index (χ1n) is 8.16. The number of nitrogens with zero attached hydrogens (tertiary/aromatic N) is 1. The number of thiophene rings is 1. The lowest BCUT2D eigenvalue weighted by molar-refractivity contribution is -0.146. The van der Waals surface area contributed by atoms with E-state index in [0.717, 1.165) is 17.5 Å². The fraction of sp³-hybridized carbons (Fsp3) is 0.368. The monoisotopic (exact) mass is 343 g/mol. The number of benzene rings is 1. The van der Waals surface area contributed by atoms with Gasteiger partial charge < -0.3 is 9.64 Å². The Hall–Kier alpha value is -2.14. The van der Waals surface area contributed by atoms with Gasteiger partial charge in [0.05, 0.1) is 13.0 Å². The van der Waals surface area contributed by atoms with E-state index in [9.17, 15) is 9.59 Å². The predicted molar refractivity (Wildman–Crippen MR) is 94.2 cm³/mol. The lowest BCUT2D eigenvalue weighted by Gasteiger charge is -2.31. The Morgan fingerprint density at radius 1 is 1.17 bits per heavy atom. The Labute approximate surface area is 146 Å². The number of hydrogen-bond donors (Lipinski definition) is 0. The van der Waals surface area contributed by atoms with Crippen molar-refractivity contribution < 1.29 is 14.3 Å². The minimum atomic E-state index is -0.166. The smallest absolute Gasteiger partial charge is 0.308 e. The van der Waals surface area contributed by atoms with Crippen LogP contribution >= 0.6 is 11.3 Å². The summed E-state index contributed by atoms with van der Waals surface area (Å²) in [4.78, 5) is 27.6. The Bertz CT molecular complexity index is 703. The van der Waals surface area contributed by atoms with Crippen LogP contribution < -0.4 is 0 Å². The van der Waals surface area contributed by atoms with Crippen molar-refractivity contribution in [3.05, 3.63) is 57.8 Å². The quantitative estimate of drug-likeness (QED) is 0.800. The minimum absolute atomic E-state index is 0.0606. The molecule has 5 heteroatoms. The molecule has 0 aliphatic carbocycles. The number of piperidine rings is 1. The number of esters is 1. The molecule has 4 nitrogen and oxygen atoms in total. The maximum absolute atomic E-state index is 12.9. The Kier molecular flexibility index (Phi) is 5.30. The van der Waals surface area contributed by atoms with E-state index in [2.05, 4.69) is 11.4 Å². The largest absolute Gasteiger partial charge is 0.469 e. The number of hydrogen-bond acceptors (Lipinski definition) is 4. The summed E-state index contributed by atoms with van der Waals surface area (Å²) in [6, 6.07) is 11.9. The Morgan fingerprint density at radius 2 is 1.92 bits per heavy atom. The minimum Gasteiger partial charge on any atom is -0.469 e. The second-order valence-electron chi connectivity index (χ2n) is 6.00. The number of carbonyl (C=O) groups is 2. The van der Waals surface area contributed by atoms with Gasteiger partial charge in [-0.2, -0.15) is 0 Å². The lowest BCUT2D eigenvalue weighted by atomic mass is 9.95. The van der Waals surface area contributed by atoms with Gasteiger partial charge in [0.25, 0.3) is 5.91 Å². The molecule has 1 amide bonds. The van der Waals surface area contributed by atoms with Crippen molar-refractivity contribution in [1.82, 2.24) is 4.90 Å². The van der Waals surface area contributed by atoms with E-state index in [0.29, 0.717) is 25.9 Å². The Balaban J connectivity index is 1.71. The van der Waals surface area contributed by atoms with Crippen LogP contribution in [0.1, 0.15) is 33.6 Å². The van der Waals surface area contributed by atoms with Crippen LogP contribution in [0.5, 0.6) is 0 Å². The molecule has 1 aromatic heterocycles. The van der Waals surface area contributed by atoms with E-state index in [4.69, 9.17) is 4.74 Å². The van der Waals surface area contributed by atoms with Crippen LogP contribution in [0.2, 0.25) is 0 Å². The van der Waals surface area contributed by atoms with Gasteiger partial charge in [-0.1, -0.05) is 24.3 Å². The molecule has 0 spiro atoms. The highest BCUT2D eigenvalue weighted by Gasteiger charge is 2.29. The van der Waals surface area contributed by atoms with Gasteiger partial charge in [-0.05, 0) is 35.9 Å². The van der Waals surface area contributed by atoms with E-state index < -0.39 is 0 Å². The summed E-state index contributed by atoms with van der Waals surface area (Å²) in [5.41, 5.74) is 1.82. The third kappa shape index (κ3) is 3.67. The zero-order chi connectivity index (χ0) is 16.9. The summed E-state index contributed by atoms with van der Waals surface area (Å²) in [5, 5.41) is 2.05. The molecule has 2 aromatic rings. The first kappa shape index (κ1) is 16.7. The van der Waals surface area contributed by atoms with Crippen molar-refractivity contribution in [2.45, 2.75) is 19.3 Å². The van der Waals surface area contributed by atoms with Crippen LogP contribution in [0.3, 0.4) is 0 Å². The molecule has 1 aliphatic heterocycles. The maximum Gasteiger partial charge on any atom is 0.308 e. The van der Waals surface area contributed by atoms with Gasteiger partial charge in [0.15, 0.2) is 0 Å². The fourth-order valence-corrected chi connectivity index (χ4v) is 3.87. The highest BCUT2D eigenvalue weighted by Crippen LogP contribution is 2.23. The molecule has 0 atom stereocenters. The number of rotatable bonds is 4. The predicted octanol–water partition coefficient (Wildman–Crippen LogP) is 3.36. The Morgan fingerprint density at radius 3 is 2.58 bits per heavy atom. The van der Waals surface area contributed by atoms with Crippen molar-refractivity contribution in [2.24, 2.45) is 5.92 Å². The first-order chi connectivity index (χ1) is 11.7. The van der Waals surface area contributed by atoms with Gasteiger partial charge in [-0.3, -0.25) is 9.59 Å². The summed E-state index contributed by atoms with van der Waals surface area (Å²) in [6.45, 7) is 1.21. The van der Waals surface area contributed by atoms with Crippen molar-refractivity contribution in [1.29, 1.82) is 0 Å². The van der Waals surface area contributed by atoms with Crippen LogP contribution in [-0.2, 0) is 16.0 Å². The highest BCUT2D eigenvalue weighted by atomic mass is 32.1. The van der Waals surface area contributed by atoms with Crippen LogP contribution in [-0.4, -0.2) is 37.0 Å². The molecule has 3 rings (SSSR count). The molecule has 0 radical (unpaired) electrons. The second-order valence-corrected chi connectivity index (χ2v) is 7.04. The summed E-state index contributed by atoms with van der Waals surface area (Å²) >= 11 is 1.70. The van der Waals surface area contributed by atoms with E-state index in [1.165, 1.54) is 12.0 Å². The van der Waals surface area contributed by atoms with E-state index in [-0.39, 0.29) is 17.8 Å². The van der Waals surface area contributed by atoms with Gasteiger partial charge >= 0.3 is 5.97 Å². The van der Waals surface area contributed by atoms with Crippen LogP contribution in [0.15, 0.2) is 41.8 Å². The molecule has 24 heavy (non-hydrogen) atoms. The molecule has 1 aromatic carbocycles. The molecule has 0 bridgehead atoms. The van der Waals surface area contributed by atoms with E-state index in [1.54, 1.807) is 11.3 Å². The molecular formula is C19H21NO3S. The summed E-state index contributed by atoms with van der Waals surface area (Å²) in [6.07, 6.45) is 2.12. The highest BCUT2D eigenvalue weighted by molar-refractivity contribution is 7.09. The van der Waals surface area contributed by atoms with E-state index >= 15 is 0 Å². The van der Waals surface area contributed by atoms with Gasteiger partial charge in [-0.25, -0.2) is 0 Å². The fourth-order valence-electron chi connectivity index (χ4n) is 3.14. The first-order valence-corrected chi connectivity index (χ1v) is 9.04. The number of amides is 1. The van der Waals surface area contributed by atoms with Crippen molar-refractivity contribution in [3.8, 4) is 0 Å². The summed E-state index contributed by atoms with van der Waals surface area (Å²) in [7, 11) is 1.42. The molecular weight excluding hydrogens is 322 g/mol. The average molecular weight is 343 g/mol. The molecule has 1 fully saturated rings. The van der Waals surface area contributed by atoms with Gasteiger partial charge in [0.1, 0.15) is 0 Å². The molecule has 0 saturated carbocycles. The molecule has 0 N–H and O–H groups in total.